The summed E-state index contributed by atoms with van der Waals surface area (Å²) >= 11 is 4.34. The first-order valence-electron chi connectivity index (χ1n) is 9.96. The van der Waals surface area contributed by atoms with Crippen LogP contribution >= 0.6 is 34.4 Å². The van der Waals surface area contributed by atoms with E-state index in [1.54, 1.807) is 11.3 Å². The lowest BCUT2D eigenvalue weighted by Gasteiger charge is -2.30. The maximum atomic E-state index is 13.1. The summed E-state index contributed by atoms with van der Waals surface area (Å²) in [6.45, 7) is 8.09. The average molecular weight is 453 g/mol. The van der Waals surface area contributed by atoms with Gasteiger partial charge in [0.2, 0.25) is 16.9 Å². The molecule has 3 rings (SSSR count). The van der Waals surface area contributed by atoms with Crippen LogP contribution in [0.15, 0.2) is 21.9 Å². The number of thiophene rings is 1. The predicted octanol–water partition coefficient (Wildman–Crippen LogP) is 4.79. The molecule has 158 valence electrons. The quantitative estimate of drug-likeness (QED) is 0.460. The number of rotatable bonds is 8. The fraction of sp³-hybridized carbons (Fsp3) is 0.600. The van der Waals surface area contributed by atoms with Crippen LogP contribution in [0.1, 0.15) is 58.3 Å². The Balaban J connectivity index is 1.62. The second-order valence-corrected chi connectivity index (χ2v) is 11.0. The molecule has 1 aliphatic carbocycles. The van der Waals surface area contributed by atoms with Crippen molar-refractivity contribution in [2.45, 2.75) is 75.2 Å². The number of carbonyl (C=O) groups is 2. The minimum Gasteiger partial charge on any atom is -0.337 e. The monoisotopic (exact) mass is 452 g/mol. The molecule has 0 saturated heterocycles. The van der Waals surface area contributed by atoms with E-state index in [4.69, 9.17) is 0 Å². The van der Waals surface area contributed by atoms with Crippen LogP contribution in [0.5, 0.6) is 0 Å². The van der Waals surface area contributed by atoms with Crippen molar-refractivity contribution < 1.29 is 9.59 Å². The lowest BCUT2D eigenvalue weighted by atomic mass is 9.83. The van der Waals surface area contributed by atoms with Crippen molar-refractivity contribution in [1.82, 2.24) is 15.1 Å². The maximum absolute atomic E-state index is 13.1. The Bertz CT molecular complexity index is 819. The van der Waals surface area contributed by atoms with E-state index in [-0.39, 0.29) is 23.9 Å². The fourth-order valence-corrected chi connectivity index (χ4v) is 6.62. The molecular formula is C20H28N4O2S3. The summed E-state index contributed by atoms with van der Waals surface area (Å²) in [5.74, 6) is 0.411. The number of carbonyl (C=O) groups excluding carboxylic acids is 2. The van der Waals surface area contributed by atoms with Crippen molar-refractivity contribution in [3.05, 3.63) is 22.4 Å². The van der Waals surface area contributed by atoms with Gasteiger partial charge < -0.3 is 4.90 Å². The minimum absolute atomic E-state index is 0.00650. The van der Waals surface area contributed by atoms with Crippen LogP contribution in [-0.2, 0) is 15.0 Å². The molecule has 2 aromatic heterocycles. The Hall–Kier alpha value is -1.45. The fourth-order valence-electron chi connectivity index (χ4n) is 4.02. The van der Waals surface area contributed by atoms with E-state index in [9.17, 15) is 9.59 Å². The second-order valence-electron chi connectivity index (χ2n) is 7.87. The molecule has 0 aliphatic heterocycles. The topological polar surface area (TPSA) is 75.2 Å². The van der Waals surface area contributed by atoms with Gasteiger partial charge in [0.15, 0.2) is 4.34 Å². The number of aromatic nitrogens is 2. The molecule has 2 heterocycles. The highest BCUT2D eigenvalue weighted by Gasteiger charge is 2.43. The van der Waals surface area contributed by atoms with Crippen LogP contribution in [0.25, 0.3) is 0 Å². The molecule has 29 heavy (non-hydrogen) atoms. The number of nitrogens with zero attached hydrogens (tertiary/aromatic N) is 3. The molecule has 9 heteroatoms. The molecule has 6 nitrogen and oxygen atoms in total. The molecule has 0 radical (unpaired) electrons. The summed E-state index contributed by atoms with van der Waals surface area (Å²) in [4.78, 5) is 28.6. The third kappa shape index (κ3) is 5.00. The Morgan fingerprint density at radius 3 is 2.48 bits per heavy atom. The van der Waals surface area contributed by atoms with E-state index in [2.05, 4.69) is 21.6 Å². The highest BCUT2D eigenvalue weighted by Crippen LogP contribution is 2.44. The predicted molar refractivity (Wildman–Crippen MR) is 121 cm³/mol. The van der Waals surface area contributed by atoms with Gasteiger partial charge in [-0.15, -0.1) is 21.5 Å². The van der Waals surface area contributed by atoms with Crippen LogP contribution in [0.2, 0.25) is 0 Å². The highest BCUT2D eigenvalue weighted by molar-refractivity contribution is 8.01. The number of nitrogens with one attached hydrogen (secondary N) is 1. The molecule has 0 bridgehead atoms. The van der Waals surface area contributed by atoms with Gasteiger partial charge in [0.1, 0.15) is 0 Å². The molecule has 2 aromatic rings. The standard InChI is InChI=1S/C20H28N4O2S3/c1-13(2)24(14(3)4)16(25)12-28-19-23-22-18(29-19)21-17(26)20(9-5-6-10-20)15-8-7-11-27-15/h7-8,11,13-14H,5-6,9-10,12H2,1-4H3,(H,21,22,26). The summed E-state index contributed by atoms with van der Waals surface area (Å²) in [6.07, 6.45) is 3.86. The molecule has 1 saturated carbocycles. The third-order valence-electron chi connectivity index (χ3n) is 5.23. The van der Waals surface area contributed by atoms with Gasteiger partial charge in [0.25, 0.3) is 0 Å². The van der Waals surface area contributed by atoms with Gasteiger partial charge in [0, 0.05) is 17.0 Å². The average Bonchev–Trinajstić information content (AvgIpc) is 3.40. The van der Waals surface area contributed by atoms with Gasteiger partial charge in [-0.25, -0.2) is 0 Å². The minimum atomic E-state index is -0.446. The Morgan fingerprint density at radius 2 is 1.90 bits per heavy atom. The van der Waals surface area contributed by atoms with Crippen molar-refractivity contribution in [2.24, 2.45) is 0 Å². The van der Waals surface area contributed by atoms with Gasteiger partial charge in [-0.1, -0.05) is 42.0 Å². The Morgan fingerprint density at radius 1 is 1.21 bits per heavy atom. The number of hydrogen-bond acceptors (Lipinski definition) is 7. The Kier molecular flexibility index (Phi) is 7.34. The molecule has 0 atom stereocenters. The second kappa shape index (κ2) is 9.57. The van der Waals surface area contributed by atoms with E-state index in [1.165, 1.54) is 23.1 Å². The number of thioether (sulfide) groups is 1. The van der Waals surface area contributed by atoms with Gasteiger partial charge in [-0.3, -0.25) is 14.9 Å². The number of amides is 2. The first kappa shape index (κ1) is 22.2. The smallest absolute Gasteiger partial charge is 0.237 e. The van der Waals surface area contributed by atoms with Crippen LogP contribution in [0.3, 0.4) is 0 Å². The van der Waals surface area contributed by atoms with Crippen LogP contribution in [0.4, 0.5) is 5.13 Å². The lowest BCUT2D eigenvalue weighted by Crippen LogP contribution is -2.43. The zero-order valence-corrected chi connectivity index (χ0v) is 19.8. The van der Waals surface area contributed by atoms with Crippen molar-refractivity contribution in [3.8, 4) is 0 Å². The largest absolute Gasteiger partial charge is 0.337 e. The maximum Gasteiger partial charge on any atom is 0.237 e. The molecule has 2 amide bonds. The van der Waals surface area contributed by atoms with E-state index in [1.807, 2.05) is 44.0 Å². The normalized spacial score (nSPS) is 15.8. The van der Waals surface area contributed by atoms with Crippen LogP contribution in [0, 0.1) is 0 Å². The SMILES string of the molecule is CC(C)N(C(=O)CSc1nnc(NC(=O)C2(c3cccs3)CCCC2)s1)C(C)C. The highest BCUT2D eigenvalue weighted by atomic mass is 32.2. The van der Waals surface area contributed by atoms with Crippen molar-refractivity contribution in [2.75, 3.05) is 11.1 Å². The molecule has 0 unspecified atom stereocenters. The zero-order chi connectivity index (χ0) is 21.0. The first-order chi connectivity index (χ1) is 13.8. The molecule has 0 aromatic carbocycles. The zero-order valence-electron chi connectivity index (χ0n) is 17.3. The number of anilines is 1. The van der Waals surface area contributed by atoms with Gasteiger partial charge >= 0.3 is 0 Å². The van der Waals surface area contributed by atoms with Crippen molar-refractivity contribution >= 4 is 51.4 Å². The molecule has 0 spiro atoms. The summed E-state index contributed by atoms with van der Waals surface area (Å²) in [7, 11) is 0. The van der Waals surface area contributed by atoms with Crippen LogP contribution < -0.4 is 5.32 Å². The Labute approximate surface area is 184 Å². The summed E-state index contributed by atoms with van der Waals surface area (Å²) in [5.41, 5.74) is -0.446. The van der Waals surface area contributed by atoms with Crippen molar-refractivity contribution in [1.29, 1.82) is 0 Å². The third-order valence-corrected chi connectivity index (χ3v) is 8.26. The molecule has 1 aliphatic rings. The van der Waals surface area contributed by atoms with E-state index in [0.29, 0.717) is 15.2 Å². The lowest BCUT2D eigenvalue weighted by molar-refractivity contribution is -0.131. The summed E-state index contributed by atoms with van der Waals surface area (Å²) < 4.78 is 0.692. The molecule has 1 N–H and O–H groups in total. The van der Waals surface area contributed by atoms with E-state index >= 15 is 0 Å². The summed E-state index contributed by atoms with van der Waals surface area (Å²) in [6, 6.07) is 4.37. The summed E-state index contributed by atoms with van der Waals surface area (Å²) in [5, 5.41) is 13.8. The van der Waals surface area contributed by atoms with Gasteiger partial charge in [-0.2, -0.15) is 0 Å². The van der Waals surface area contributed by atoms with E-state index < -0.39 is 5.41 Å². The van der Waals surface area contributed by atoms with Gasteiger partial charge in [-0.05, 0) is 52.0 Å². The molecule has 1 fully saturated rings. The first-order valence-corrected chi connectivity index (χ1v) is 12.6. The van der Waals surface area contributed by atoms with Crippen LogP contribution in [-0.4, -0.2) is 44.7 Å². The van der Waals surface area contributed by atoms with Crippen molar-refractivity contribution in [3.63, 3.8) is 0 Å². The van der Waals surface area contributed by atoms with Gasteiger partial charge in [0.05, 0.1) is 11.2 Å². The van der Waals surface area contributed by atoms with E-state index in [0.717, 1.165) is 30.6 Å². The molecular weight excluding hydrogens is 424 g/mol. The number of hydrogen-bond donors (Lipinski definition) is 1.